The second-order valence-corrected chi connectivity index (χ2v) is 43.0. The van der Waals surface area contributed by atoms with Crippen LogP contribution in [0.1, 0.15) is 179 Å². The normalized spacial score (nSPS) is 48.8. The number of esters is 3. The Balaban J connectivity index is 0.751. The highest BCUT2D eigenvalue weighted by atomic mass is 16.8. The third-order valence-electron chi connectivity index (χ3n) is 33.7. The molecule has 0 aromatic carbocycles. The van der Waals surface area contributed by atoms with Gasteiger partial charge in [0, 0.05) is 12.8 Å². The van der Waals surface area contributed by atoms with Crippen LogP contribution in [0.2, 0.25) is 0 Å². The molecule has 8 saturated heterocycles. The molecule has 47 nitrogen and oxygen atoms in total. The average Bonchev–Trinajstić information content (AvgIpc) is 0.739. The van der Waals surface area contributed by atoms with E-state index in [0.29, 0.717) is 32.1 Å². The number of hydrogen-bond acceptors (Lipinski definition) is 46. The summed E-state index contributed by atoms with van der Waals surface area (Å²) >= 11 is 0. The maximum Gasteiger partial charge on any atom is 0.335 e. The Labute approximate surface area is 808 Å². The van der Waals surface area contributed by atoms with Crippen molar-refractivity contribution in [3.05, 3.63) is 11.6 Å². The van der Waals surface area contributed by atoms with Crippen LogP contribution < -0.4 is 0 Å². The maximum atomic E-state index is 16.4. The Morgan fingerprint density at radius 2 is 1.03 bits per heavy atom. The van der Waals surface area contributed by atoms with E-state index in [1.54, 1.807) is 27.7 Å². The molecule has 0 amide bonds. The highest BCUT2D eigenvalue weighted by molar-refractivity contribution is 5.80. The van der Waals surface area contributed by atoms with Crippen molar-refractivity contribution < 1.29 is 232 Å². The van der Waals surface area contributed by atoms with E-state index in [1.807, 2.05) is 27.7 Å². The van der Waals surface area contributed by atoms with Crippen LogP contribution in [0.3, 0.4) is 0 Å². The highest BCUT2D eigenvalue weighted by Gasteiger charge is 2.74. The fourth-order valence-electron chi connectivity index (χ4n) is 24.4. The molecule has 804 valence electrons. The van der Waals surface area contributed by atoms with Gasteiger partial charge in [0.2, 0.25) is 6.29 Å². The second kappa shape index (κ2) is 44.9. The van der Waals surface area contributed by atoms with Crippen LogP contribution >= 0.6 is 0 Å². The molecule has 8 heterocycles. The minimum absolute atomic E-state index is 0.00295. The van der Waals surface area contributed by atoms with Gasteiger partial charge in [-0.25, -0.2) is 4.79 Å². The van der Waals surface area contributed by atoms with Crippen molar-refractivity contribution in [3.63, 3.8) is 0 Å². The van der Waals surface area contributed by atoms with Gasteiger partial charge in [0.25, 0.3) is 0 Å². The lowest BCUT2D eigenvalue weighted by Crippen LogP contribution is -2.69. The van der Waals surface area contributed by atoms with Crippen molar-refractivity contribution in [1.82, 2.24) is 0 Å². The molecular weight excluding hydrogens is 1870 g/mol. The van der Waals surface area contributed by atoms with Crippen molar-refractivity contribution in [2.75, 3.05) is 39.6 Å². The van der Waals surface area contributed by atoms with Gasteiger partial charge in [-0.05, 0) is 123 Å². The van der Waals surface area contributed by atoms with Crippen molar-refractivity contribution in [2.45, 2.75) is 437 Å². The molecule has 52 atom stereocenters. The number of aliphatic carboxylic acids is 1. The molecule has 140 heavy (non-hydrogen) atoms. The summed E-state index contributed by atoms with van der Waals surface area (Å²) in [5.41, 5.74) is -7.83. The first-order valence-corrected chi connectivity index (χ1v) is 48.9. The summed E-state index contributed by atoms with van der Waals surface area (Å²) in [5.74, 6) is -7.37. The molecule has 0 aromatic heterocycles. The Hall–Kier alpha value is -4.23. The van der Waals surface area contributed by atoms with Gasteiger partial charge in [0.1, 0.15) is 158 Å². The number of aldehydes is 1. The van der Waals surface area contributed by atoms with Gasteiger partial charge < -0.3 is 213 Å². The Morgan fingerprint density at radius 3 is 1.61 bits per heavy atom. The minimum atomic E-state index is -2.34. The zero-order chi connectivity index (χ0) is 103. The lowest BCUT2D eigenvalue weighted by atomic mass is 9.33. The van der Waals surface area contributed by atoms with Crippen LogP contribution in [-0.4, -0.2) is 450 Å². The van der Waals surface area contributed by atoms with E-state index in [4.69, 9.17) is 85.3 Å². The zero-order valence-corrected chi connectivity index (χ0v) is 80.7. The number of carbonyl (C=O) groups is 5. The van der Waals surface area contributed by atoms with Crippen molar-refractivity contribution in [1.29, 1.82) is 0 Å². The molecular formula is C93H150O47. The zero-order valence-electron chi connectivity index (χ0n) is 80.7. The molecule has 0 bridgehead atoms. The van der Waals surface area contributed by atoms with Crippen LogP contribution in [0.4, 0.5) is 0 Å². The van der Waals surface area contributed by atoms with E-state index in [-0.39, 0.29) is 63.2 Å². The number of rotatable bonds is 36. The van der Waals surface area contributed by atoms with E-state index in [2.05, 4.69) is 19.9 Å². The molecule has 13 aliphatic rings. The van der Waals surface area contributed by atoms with E-state index in [0.717, 1.165) is 11.9 Å². The smallest absolute Gasteiger partial charge is 0.335 e. The predicted molar refractivity (Wildman–Crippen MR) is 464 cm³/mol. The molecule has 5 aliphatic carbocycles. The molecule has 0 radical (unpaired) electrons. The number of carboxylic acids is 1. The number of allylic oxidation sites excluding steroid dienone is 2. The van der Waals surface area contributed by atoms with Crippen LogP contribution in [0, 0.1) is 62.1 Å². The van der Waals surface area contributed by atoms with Crippen molar-refractivity contribution in [3.8, 4) is 0 Å². The molecule has 0 spiro atoms. The average molecular weight is 2020 g/mol. The number of aliphatic hydroxyl groups excluding tert-OH is 22. The summed E-state index contributed by atoms with van der Waals surface area (Å²) in [5, 5.41) is 267. The number of fused-ring (bicyclic) bond motifs is 7. The summed E-state index contributed by atoms with van der Waals surface area (Å²) in [6, 6.07) is 0. The van der Waals surface area contributed by atoms with Gasteiger partial charge in [-0.3, -0.25) is 14.4 Å². The molecule has 47 heteroatoms. The van der Waals surface area contributed by atoms with Crippen molar-refractivity contribution >= 4 is 30.2 Å². The van der Waals surface area contributed by atoms with Gasteiger partial charge in [0.05, 0.1) is 101 Å². The quantitative estimate of drug-likeness (QED) is 0.00912. The topological polar surface area (TPSA) is 737 Å². The van der Waals surface area contributed by atoms with Crippen LogP contribution in [0.15, 0.2) is 11.6 Å². The summed E-state index contributed by atoms with van der Waals surface area (Å²) in [7, 11) is 0. The summed E-state index contributed by atoms with van der Waals surface area (Å²) in [4.78, 5) is 72.2. The molecule has 4 saturated carbocycles. The third kappa shape index (κ3) is 21.7. The minimum Gasteiger partial charge on any atom is -0.479 e. The number of carbonyl (C=O) groups excluding carboxylic acids is 4. The first kappa shape index (κ1) is 113. The summed E-state index contributed by atoms with van der Waals surface area (Å²) in [6.45, 7) is 17.1. The molecule has 12 fully saturated rings. The maximum absolute atomic E-state index is 16.4. The van der Waals surface area contributed by atoms with Crippen LogP contribution in [0.25, 0.3) is 0 Å². The lowest BCUT2D eigenvalue weighted by molar-refractivity contribution is -0.395. The number of aliphatic hydroxyl groups is 23. The van der Waals surface area contributed by atoms with Gasteiger partial charge in [-0.15, -0.1) is 0 Å². The third-order valence-corrected chi connectivity index (χ3v) is 33.7. The molecule has 8 aliphatic heterocycles. The van der Waals surface area contributed by atoms with Gasteiger partial charge in [-0.1, -0.05) is 93.7 Å². The summed E-state index contributed by atoms with van der Waals surface area (Å²) < 4.78 is 108. The van der Waals surface area contributed by atoms with Crippen LogP contribution in [0.5, 0.6) is 0 Å². The Morgan fingerprint density at radius 1 is 0.500 bits per heavy atom. The fourth-order valence-corrected chi connectivity index (χ4v) is 24.4. The molecule has 13 rings (SSSR count). The lowest BCUT2D eigenvalue weighted by Gasteiger charge is -2.71. The van der Waals surface area contributed by atoms with Crippen molar-refractivity contribution in [2.24, 2.45) is 62.1 Å². The van der Waals surface area contributed by atoms with Gasteiger partial charge in [-0.2, -0.15) is 0 Å². The number of carboxylic acid groups (broad SMARTS) is 1. The van der Waals surface area contributed by atoms with E-state index < -0.39 is 384 Å². The standard InChI is InChI=1S/C93H150O47/c1-13-36(3)45(127-54(103)25-41(100)24-46(37(4)14-2)128-80-62(111)58(107)49(31-96)129-80)23-40(99)26-55(104)133-70-39(6)126-83(74(66(70)115)138-79-65(114)61(110)69(38(5)125-79)134-78-68(117)71(44(101)32-123-78)135-85-76(118)92(122,34-98)35-124-85)140-86(121)93-22-21-87(7,8)27-43(93)42-15-16-51-88(9)19-18-53(89(10,33-97)50(88)17-20-90(51,11)91(42,12)28-52(93)102)132-84-75(139-82-64(113)60(109)57(106)48(30-95)131-82)72(67(116)73(137-84)77(119)120)136-81-63(112)59(108)56(105)47(29-94)130-81/h15,33,36-41,43-53,56-76,78-85,94-96,98-102,105-118,122H,13-14,16-32,34-35H2,1-12H3,(H,119,120)/t36-,37-,38?,39?,40-,41-,43?,44?,45-,46-,47?,48?,49-,50?,51?,52+,53-,56+,57-,58?,59-,60-,61?,62?,63?,64?,65-,66?,67+,68?,69-,70+,71-,72-,73?,74+,75?,76?,78-,79-,80+,81-,82-,83-,84+,85-,88-,89-,90+,91+,92+,93+/m0/s1. The predicted octanol–water partition coefficient (Wildman–Crippen LogP) is -6.32. The van der Waals surface area contributed by atoms with Gasteiger partial charge >= 0.3 is 23.9 Å². The van der Waals surface area contributed by atoms with E-state index >= 15 is 4.79 Å². The van der Waals surface area contributed by atoms with Gasteiger partial charge in [0.15, 0.2) is 62.3 Å². The number of ether oxygens (including phenoxy) is 18. The first-order valence-electron chi connectivity index (χ1n) is 48.9. The van der Waals surface area contributed by atoms with E-state index in [9.17, 15) is 142 Å². The van der Waals surface area contributed by atoms with E-state index in [1.165, 1.54) is 13.8 Å². The Kier molecular flexibility index (Phi) is 36.2. The van der Waals surface area contributed by atoms with Crippen LogP contribution in [-0.2, 0) is 109 Å². The monoisotopic (exact) mass is 2020 g/mol. The Bertz CT molecular complexity index is 4160. The first-order chi connectivity index (χ1) is 65.7. The molecule has 18 unspecified atom stereocenters. The second-order valence-electron chi connectivity index (χ2n) is 43.0. The number of hydrogen-bond donors (Lipinski definition) is 24. The fraction of sp³-hybridized carbons (Fsp3) is 0.925. The molecule has 0 aromatic rings. The molecule has 24 N–H and O–H groups in total. The summed E-state index contributed by atoms with van der Waals surface area (Å²) in [6.07, 6.45) is -69.8. The largest absolute Gasteiger partial charge is 0.479 e. The highest BCUT2D eigenvalue weighted by Crippen LogP contribution is 2.76. The SMILES string of the molecule is CC[C@H](C)[C@H](C[C@H](O)CC(=O)O[C@@H]1C(C)O[C@@H](OC(=O)[C@]23CCC(C)(C)CC2C2=CCC4[C@@]5(C)CC[C@H](O[C@@H]6OC(C(=O)O)[C@H](O)[C@H](O[C@@H]7OC(CO)[C@@H](O)[C@H](O)C7O)C6O[C@@H]6OC(CO)[C@H](O)[C@H](O)C6O)[C@@](C)(C=O)C5CC[C@@]4(C)[C@]2(C)C[C@H]3O)[C@H](O[C@@H]2OC(C)[C@H](O[C@@H]3OCC(O)[C@H](O[C@@H]4OC[C@](O)(CO)C4O)C3O)C(O)[C@@H]2O)C1O)OC(=O)C[C@@H](O)C[C@H](O[C@@H]1O[C@@H](CO)C(O)C1O)[C@@H](C)CC.